The number of rotatable bonds is 22. The van der Waals surface area contributed by atoms with Crippen LogP contribution in [0.2, 0.25) is 0 Å². The highest BCUT2D eigenvalue weighted by Gasteiger charge is 2.40. The predicted molar refractivity (Wildman–Crippen MR) is 226 cm³/mol. The summed E-state index contributed by atoms with van der Waals surface area (Å²) >= 11 is 6.39. The van der Waals surface area contributed by atoms with Crippen LogP contribution in [0.5, 0.6) is 40.2 Å². The van der Waals surface area contributed by atoms with Gasteiger partial charge in [0.1, 0.15) is 30.7 Å². The Bertz CT molecular complexity index is 1860. The first-order valence-corrected chi connectivity index (χ1v) is 20.6. The fourth-order valence-corrected chi connectivity index (χ4v) is 8.54. The molecule has 5 rings (SSSR count). The topological polar surface area (TPSA) is 109 Å². The van der Waals surface area contributed by atoms with Crippen LogP contribution in [-0.4, -0.2) is 138 Å². The van der Waals surface area contributed by atoms with Crippen molar-refractivity contribution in [2.45, 2.75) is 38.3 Å². The van der Waals surface area contributed by atoms with Gasteiger partial charge in [-0.15, -0.1) is 0 Å². The molecule has 1 saturated heterocycles. The molecule has 14 heteroatoms. The zero-order chi connectivity index (χ0) is 42.4. The van der Waals surface area contributed by atoms with Gasteiger partial charge < -0.3 is 56.3 Å². The van der Waals surface area contributed by atoms with Gasteiger partial charge in [0.2, 0.25) is 5.75 Å². The fraction of sp³-hybridized carbons (Fsp3) is 0.533. The molecule has 0 aliphatic carbocycles. The minimum atomic E-state index is -0.552. The lowest BCUT2D eigenvalue weighted by Crippen LogP contribution is -2.55. The number of benzene rings is 3. The average Bonchev–Trinajstić information content (AvgIpc) is 3.26. The Labute approximate surface area is 354 Å². The third-order valence-corrected chi connectivity index (χ3v) is 12.0. The summed E-state index contributed by atoms with van der Waals surface area (Å²) in [4.78, 5) is 12.9. The molecule has 2 aliphatic heterocycles. The highest BCUT2D eigenvalue weighted by atomic mass is 35.5. The zero-order valence-corrected chi connectivity index (χ0v) is 36.8. The average molecular weight is 843 g/mol. The Hall–Kier alpha value is -4.40. The Kier molecular flexibility index (Phi) is 16.8. The summed E-state index contributed by atoms with van der Waals surface area (Å²) in [7, 11) is 13.7. The quantitative estimate of drug-likeness (QED) is 0.0476. The molecule has 2 heterocycles. The van der Waals surface area contributed by atoms with Crippen molar-refractivity contribution < 1.29 is 61.1 Å². The molecule has 0 saturated carbocycles. The molecule has 59 heavy (non-hydrogen) atoms. The van der Waals surface area contributed by atoms with Crippen LogP contribution >= 0.6 is 11.6 Å². The van der Waals surface area contributed by atoms with E-state index >= 15 is 0 Å². The van der Waals surface area contributed by atoms with E-state index in [2.05, 4.69) is 25.2 Å². The molecule has 0 radical (unpaired) electrons. The first-order valence-electron chi connectivity index (χ1n) is 20.2. The standard InChI is InChI=1S/C45H63ClN2O11/c1-47(17-13-34-29-40(52-4)41(53-5)30-35(34)37(47)25-32-11-12-38(50-2)39(26-32)51-3)15-9-21-59-45(49)36(46)14-22-57-20-10-16-48(18-23-58-24-19-48)31-33-27-42(54-6)44(56-8)43(28-33)55-7/h11-12,14,26-30,37H,9-10,13,15-25,31H2,1-8H3/q+2. The third-order valence-electron chi connectivity index (χ3n) is 11.7. The smallest absolute Gasteiger partial charge is 0.349 e. The molecule has 0 aromatic heterocycles. The maximum Gasteiger partial charge on any atom is 0.349 e. The van der Waals surface area contributed by atoms with Crippen LogP contribution in [0.15, 0.2) is 53.6 Å². The van der Waals surface area contributed by atoms with Gasteiger partial charge in [-0.3, -0.25) is 0 Å². The summed E-state index contributed by atoms with van der Waals surface area (Å²) in [6.45, 7) is 7.55. The number of ether oxygens (including phenoxy) is 10. The first kappa shape index (κ1) is 45.7. The van der Waals surface area contributed by atoms with Gasteiger partial charge in [-0.25, -0.2) is 4.79 Å². The lowest BCUT2D eigenvalue weighted by molar-refractivity contribution is -0.947. The molecule has 3 aromatic rings. The van der Waals surface area contributed by atoms with E-state index in [0.717, 1.165) is 84.4 Å². The summed E-state index contributed by atoms with van der Waals surface area (Å²) in [6, 6.07) is 14.4. The summed E-state index contributed by atoms with van der Waals surface area (Å²) in [6.07, 6.45) is 4.71. The van der Waals surface area contributed by atoms with Crippen molar-refractivity contribution in [1.82, 2.24) is 0 Å². The Morgan fingerprint density at radius 1 is 0.729 bits per heavy atom. The van der Waals surface area contributed by atoms with Crippen LogP contribution in [-0.2, 0) is 38.4 Å². The minimum Gasteiger partial charge on any atom is -0.493 e. The predicted octanol–water partition coefficient (Wildman–Crippen LogP) is 6.54. The monoisotopic (exact) mass is 842 g/mol. The van der Waals surface area contributed by atoms with Crippen molar-refractivity contribution in [3.8, 4) is 40.2 Å². The van der Waals surface area contributed by atoms with Gasteiger partial charge in [0.05, 0.1) is 109 Å². The number of likely N-dealkylation sites (N-methyl/N-ethyl adjacent to an activating group) is 1. The lowest BCUT2D eigenvalue weighted by Gasteiger charge is -2.46. The number of carbonyl (C=O) groups excluding carboxylic acids is 1. The Morgan fingerprint density at radius 3 is 1.98 bits per heavy atom. The number of esters is 1. The molecule has 0 spiro atoms. The van der Waals surface area contributed by atoms with Gasteiger partial charge in [-0.2, -0.15) is 0 Å². The number of nitrogens with zero attached hydrogens (tertiary/aromatic N) is 2. The summed E-state index contributed by atoms with van der Waals surface area (Å²) in [5.74, 6) is 4.11. The van der Waals surface area contributed by atoms with Gasteiger partial charge in [-0.1, -0.05) is 17.7 Å². The highest BCUT2D eigenvalue weighted by molar-refractivity contribution is 6.41. The zero-order valence-electron chi connectivity index (χ0n) is 36.1. The number of methoxy groups -OCH3 is 7. The summed E-state index contributed by atoms with van der Waals surface area (Å²) < 4.78 is 58.1. The van der Waals surface area contributed by atoms with E-state index in [1.165, 1.54) is 11.1 Å². The maximum absolute atomic E-state index is 12.9. The first-order chi connectivity index (χ1) is 28.6. The van der Waals surface area contributed by atoms with Crippen molar-refractivity contribution in [3.63, 3.8) is 0 Å². The van der Waals surface area contributed by atoms with Gasteiger partial charge in [0.15, 0.2) is 34.5 Å². The van der Waals surface area contributed by atoms with Gasteiger partial charge in [0.25, 0.3) is 0 Å². The third kappa shape index (κ3) is 11.5. The van der Waals surface area contributed by atoms with Crippen molar-refractivity contribution >= 4 is 17.6 Å². The van der Waals surface area contributed by atoms with Gasteiger partial charge >= 0.3 is 5.97 Å². The number of quaternary nitrogens is 2. The van der Waals surface area contributed by atoms with E-state index < -0.39 is 5.97 Å². The maximum atomic E-state index is 12.9. The molecule has 324 valence electrons. The van der Waals surface area contributed by atoms with E-state index in [4.69, 9.17) is 59.0 Å². The van der Waals surface area contributed by atoms with E-state index in [1.54, 1.807) is 55.8 Å². The fourth-order valence-electron chi connectivity index (χ4n) is 8.43. The van der Waals surface area contributed by atoms with Crippen LogP contribution in [0.25, 0.3) is 0 Å². The SMILES string of the molecule is COc1ccc(CC2c3cc(OC)c(OC)cc3CC[N+]2(C)CCCOC(=O)C(Cl)=CCOCCC[N+]2(Cc3cc(OC)c(OC)c(OC)c3)CCOCC2)cc1OC. The molecule has 0 bridgehead atoms. The van der Waals surface area contributed by atoms with E-state index in [0.29, 0.717) is 60.7 Å². The van der Waals surface area contributed by atoms with Crippen molar-refractivity contribution in [2.24, 2.45) is 0 Å². The molecule has 2 aliphatic rings. The van der Waals surface area contributed by atoms with E-state index in [1.807, 2.05) is 24.3 Å². The van der Waals surface area contributed by atoms with Crippen molar-refractivity contribution in [3.05, 3.63) is 75.8 Å². The second kappa shape index (κ2) is 21.7. The molecule has 2 atom stereocenters. The molecular formula is C45H63ClN2O11+2. The second-order valence-electron chi connectivity index (χ2n) is 15.3. The van der Waals surface area contributed by atoms with E-state index in [-0.39, 0.29) is 24.3 Å². The minimum absolute atomic E-state index is 0.0174. The molecule has 13 nitrogen and oxygen atoms in total. The molecule has 3 aromatic carbocycles. The molecule has 1 fully saturated rings. The van der Waals surface area contributed by atoms with Crippen LogP contribution < -0.4 is 33.2 Å². The van der Waals surface area contributed by atoms with Crippen LogP contribution in [0.1, 0.15) is 41.1 Å². The largest absolute Gasteiger partial charge is 0.493 e. The Morgan fingerprint density at radius 2 is 1.34 bits per heavy atom. The van der Waals surface area contributed by atoms with Gasteiger partial charge in [-0.05, 0) is 53.6 Å². The van der Waals surface area contributed by atoms with E-state index in [9.17, 15) is 4.79 Å². The number of halogens is 1. The molecule has 2 unspecified atom stereocenters. The summed E-state index contributed by atoms with van der Waals surface area (Å²) in [5.41, 5.74) is 4.69. The van der Waals surface area contributed by atoms with Crippen LogP contribution in [0.3, 0.4) is 0 Å². The number of hydrogen-bond donors (Lipinski definition) is 0. The van der Waals surface area contributed by atoms with Gasteiger partial charge in [0, 0.05) is 36.8 Å². The lowest BCUT2D eigenvalue weighted by atomic mass is 9.86. The molecule has 0 amide bonds. The molecule has 0 N–H and O–H groups in total. The molecular weight excluding hydrogens is 780 g/mol. The number of hydrogen-bond acceptors (Lipinski definition) is 11. The number of morpholine rings is 1. The van der Waals surface area contributed by atoms with Crippen molar-refractivity contribution in [2.75, 3.05) is 123 Å². The van der Waals surface area contributed by atoms with Crippen LogP contribution in [0.4, 0.5) is 0 Å². The Balaban J connectivity index is 1.13. The number of carbonyl (C=O) groups is 1. The second-order valence-corrected chi connectivity index (χ2v) is 15.7. The normalized spacial score (nSPS) is 18.7. The summed E-state index contributed by atoms with van der Waals surface area (Å²) in [5, 5.41) is 0.0174. The van der Waals surface area contributed by atoms with Crippen LogP contribution in [0, 0.1) is 0 Å². The van der Waals surface area contributed by atoms with Crippen molar-refractivity contribution in [1.29, 1.82) is 0 Å². The highest BCUT2D eigenvalue weighted by Crippen LogP contribution is 2.43. The number of fused-ring (bicyclic) bond motifs is 1.